The SMILES string of the molecule is CC1CC=Cc2c(c3ccccc3n2C2N=C(c3ccccc3)C=C(c3cccc(-c4ccccc4)c3)[NH2+]2)C1. The number of aliphatic imine (C=N–C) groups is 1. The second-order valence-corrected chi connectivity index (χ2v) is 10.7. The number of nitrogens with zero attached hydrogens (tertiary/aromatic N) is 2. The first-order valence-corrected chi connectivity index (χ1v) is 13.9. The molecule has 5 aromatic rings. The van der Waals surface area contributed by atoms with Crippen LogP contribution in [0.5, 0.6) is 0 Å². The molecule has 1 aromatic heterocycles. The van der Waals surface area contributed by atoms with Crippen molar-refractivity contribution in [3.63, 3.8) is 0 Å². The highest BCUT2D eigenvalue weighted by Crippen LogP contribution is 2.35. The van der Waals surface area contributed by atoms with Crippen LogP contribution in [-0.4, -0.2) is 10.3 Å². The van der Waals surface area contributed by atoms with Crippen molar-refractivity contribution in [2.24, 2.45) is 10.9 Å². The lowest BCUT2D eigenvalue weighted by Gasteiger charge is -2.23. The molecule has 0 bridgehead atoms. The van der Waals surface area contributed by atoms with Crippen LogP contribution in [0, 0.1) is 5.92 Å². The maximum Gasteiger partial charge on any atom is 0.269 e. The number of para-hydroxylation sites is 1. The Labute approximate surface area is 229 Å². The predicted octanol–water partition coefficient (Wildman–Crippen LogP) is 7.47. The smallest absolute Gasteiger partial charge is 0.269 e. The van der Waals surface area contributed by atoms with Crippen LogP contribution in [0.2, 0.25) is 0 Å². The maximum atomic E-state index is 5.37. The minimum atomic E-state index is -0.146. The van der Waals surface area contributed by atoms with Crippen LogP contribution in [-0.2, 0) is 6.42 Å². The van der Waals surface area contributed by atoms with E-state index in [0.29, 0.717) is 5.92 Å². The van der Waals surface area contributed by atoms with Crippen molar-refractivity contribution in [3.05, 3.63) is 144 Å². The van der Waals surface area contributed by atoms with E-state index < -0.39 is 0 Å². The number of rotatable bonds is 4. The van der Waals surface area contributed by atoms with Gasteiger partial charge in [-0.1, -0.05) is 104 Å². The van der Waals surface area contributed by atoms with Crippen LogP contribution in [0.3, 0.4) is 0 Å². The van der Waals surface area contributed by atoms with Crippen LogP contribution in [0.25, 0.3) is 33.8 Å². The molecular formula is C36H32N3+. The summed E-state index contributed by atoms with van der Waals surface area (Å²) in [5.74, 6) is 0.622. The van der Waals surface area contributed by atoms with E-state index in [1.165, 1.54) is 44.5 Å². The Kier molecular flexibility index (Phi) is 6.07. The molecule has 0 radical (unpaired) electrons. The monoisotopic (exact) mass is 506 g/mol. The van der Waals surface area contributed by atoms with E-state index in [1.807, 2.05) is 0 Å². The van der Waals surface area contributed by atoms with Crippen molar-refractivity contribution in [3.8, 4) is 11.1 Å². The first-order chi connectivity index (χ1) is 19.2. The van der Waals surface area contributed by atoms with Gasteiger partial charge < -0.3 is 0 Å². The number of hydrogen-bond donors (Lipinski definition) is 1. The molecule has 1 aliphatic carbocycles. The largest absolute Gasteiger partial charge is 0.274 e. The van der Waals surface area contributed by atoms with Crippen molar-refractivity contribution >= 4 is 28.4 Å². The molecule has 2 unspecified atom stereocenters. The molecule has 39 heavy (non-hydrogen) atoms. The van der Waals surface area contributed by atoms with Gasteiger partial charge in [0.25, 0.3) is 6.29 Å². The van der Waals surface area contributed by atoms with Crippen LogP contribution in [0.15, 0.2) is 126 Å². The molecule has 2 aliphatic rings. The minimum Gasteiger partial charge on any atom is -0.274 e. The van der Waals surface area contributed by atoms with Gasteiger partial charge in [0.05, 0.1) is 16.9 Å². The zero-order valence-corrected chi connectivity index (χ0v) is 22.2. The van der Waals surface area contributed by atoms with E-state index in [2.05, 4.69) is 144 Å². The molecule has 2 N–H and O–H groups in total. The van der Waals surface area contributed by atoms with E-state index in [4.69, 9.17) is 4.99 Å². The highest BCUT2D eigenvalue weighted by atomic mass is 15.3. The van der Waals surface area contributed by atoms with Gasteiger partial charge in [0.1, 0.15) is 5.70 Å². The van der Waals surface area contributed by atoms with Gasteiger partial charge in [0, 0.05) is 22.6 Å². The van der Waals surface area contributed by atoms with Gasteiger partial charge in [-0.25, -0.2) is 4.99 Å². The van der Waals surface area contributed by atoms with Gasteiger partial charge in [0.15, 0.2) is 0 Å². The Morgan fingerprint density at radius 2 is 1.44 bits per heavy atom. The van der Waals surface area contributed by atoms with Crippen molar-refractivity contribution < 1.29 is 5.32 Å². The molecule has 4 aromatic carbocycles. The van der Waals surface area contributed by atoms with Crippen LogP contribution in [0.4, 0.5) is 0 Å². The van der Waals surface area contributed by atoms with Gasteiger partial charge in [0.2, 0.25) is 0 Å². The Balaban J connectivity index is 1.39. The number of fused-ring (bicyclic) bond motifs is 3. The first kappa shape index (κ1) is 23.6. The van der Waals surface area contributed by atoms with Gasteiger partial charge in [-0.15, -0.1) is 0 Å². The van der Waals surface area contributed by atoms with Gasteiger partial charge in [-0.2, -0.15) is 0 Å². The van der Waals surface area contributed by atoms with Crippen molar-refractivity contribution in [1.29, 1.82) is 0 Å². The molecule has 2 atom stereocenters. The fourth-order valence-corrected chi connectivity index (χ4v) is 6.04. The van der Waals surface area contributed by atoms with Gasteiger partial charge >= 0.3 is 0 Å². The summed E-state index contributed by atoms with van der Waals surface area (Å²) in [6.07, 6.45) is 8.97. The number of quaternary nitrogens is 1. The number of hydrogen-bond acceptors (Lipinski definition) is 1. The Bertz CT molecular complexity index is 1740. The second kappa shape index (κ2) is 10.0. The number of benzene rings is 4. The van der Waals surface area contributed by atoms with Crippen molar-refractivity contribution in [2.75, 3.05) is 0 Å². The Morgan fingerprint density at radius 1 is 0.744 bits per heavy atom. The zero-order valence-electron chi connectivity index (χ0n) is 22.2. The highest BCUT2D eigenvalue weighted by molar-refractivity contribution is 6.12. The third-order valence-electron chi connectivity index (χ3n) is 7.95. The summed E-state index contributed by atoms with van der Waals surface area (Å²) in [6, 6.07) is 38.9. The summed E-state index contributed by atoms with van der Waals surface area (Å²) in [4.78, 5) is 5.37. The molecule has 1 aliphatic heterocycles. The standard InChI is InChI=1S/C36H31N3/c1-25-12-10-21-35-31(22-25)30-19-8-9-20-34(30)39(35)36-37-32(27-15-6-3-7-16-27)24-33(38-36)29-18-11-17-28(23-29)26-13-4-2-5-14-26/h2-11,13-21,23-25,36,38H,12,22H2,1H3/p+1. The normalized spacial score (nSPS) is 18.8. The summed E-state index contributed by atoms with van der Waals surface area (Å²) in [5, 5.41) is 3.68. The fourth-order valence-electron chi connectivity index (χ4n) is 6.04. The van der Waals surface area contributed by atoms with Crippen molar-refractivity contribution in [1.82, 2.24) is 4.57 Å². The molecule has 0 amide bonds. The molecule has 190 valence electrons. The quantitative estimate of drug-likeness (QED) is 0.262. The van der Waals surface area contributed by atoms with Crippen LogP contribution >= 0.6 is 0 Å². The molecule has 0 saturated heterocycles. The average molecular weight is 507 g/mol. The van der Waals surface area contributed by atoms with Crippen LogP contribution < -0.4 is 5.32 Å². The second-order valence-electron chi connectivity index (χ2n) is 10.7. The molecule has 0 spiro atoms. The molecule has 0 saturated carbocycles. The third-order valence-corrected chi connectivity index (χ3v) is 7.95. The number of nitrogens with two attached hydrogens (primary N) is 1. The molecule has 7 rings (SSSR count). The summed E-state index contributed by atoms with van der Waals surface area (Å²) in [7, 11) is 0. The molecule has 3 heteroatoms. The number of aromatic nitrogens is 1. The lowest BCUT2D eigenvalue weighted by molar-refractivity contribution is -0.626. The van der Waals surface area contributed by atoms with E-state index in [9.17, 15) is 0 Å². The fraction of sp³-hybridized carbons (Fsp3) is 0.139. The van der Waals surface area contributed by atoms with E-state index >= 15 is 0 Å². The summed E-state index contributed by atoms with van der Waals surface area (Å²) >= 11 is 0. The molecule has 2 heterocycles. The topological polar surface area (TPSA) is 33.9 Å². The van der Waals surface area contributed by atoms with E-state index in [-0.39, 0.29) is 6.29 Å². The highest BCUT2D eigenvalue weighted by Gasteiger charge is 2.29. The minimum absolute atomic E-state index is 0.146. The lowest BCUT2D eigenvalue weighted by Crippen LogP contribution is -2.84. The lowest BCUT2D eigenvalue weighted by atomic mass is 9.98. The van der Waals surface area contributed by atoms with Gasteiger partial charge in [-0.3, -0.25) is 9.88 Å². The molecule has 0 fully saturated rings. The molecule has 3 nitrogen and oxygen atoms in total. The van der Waals surface area contributed by atoms with E-state index in [1.54, 1.807) is 0 Å². The Morgan fingerprint density at radius 3 is 2.26 bits per heavy atom. The van der Waals surface area contributed by atoms with Crippen LogP contribution in [0.1, 0.15) is 42.0 Å². The predicted molar refractivity (Wildman–Crippen MR) is 162 cm³/mol. The van der Waals surface area contributed by atoms with Gasteiger partial charge in [-0.05, 0) is 59.7 Å². The zero-order chi connectivity index (χ0) is 26.2. The Hall–Kier alpha value is -4.47. The molecular weight excluding hydrogens is 474 g/mol. The van der Waals surface area contributed by atoms with E-state index in [0.717, 1.165) is 24.1 Å². The van der Waals surface area contributed by atoms with Crippen molar-refractivity contribution in [2.45, 2.75) is 26.1 Å². The first-order valence-electron chi connectivity index (χ1n) is 13.9. The summed E-state index contributed by atoms with van der Waals surface area (Å²) < 4.78 is 2.45. The maximum absolute atomic E-state index is 5.37. The number of allylic oxidation sites excluding steroid dienone is 2. The summed E-state index contributed by atoms with van der Waals surface area (Å²) in [5.41, 5.74) is 11.0. The summed E-state index contributed by atoms with van der Waals surface area (Å²) in [6.45, 7) is 2.35. The third kappa shape index (κ3) is 4.45. The average Bonchev–Trinajstić information content (AvgIpc) is 3.17.